The van der Waals surface area contributed by atoms with Crippen molar-refractivity contribution in [3.8, 4) is 0 Å². The monoisotopic (exact) mass is 205 g/mol. The van der Waals surface area contributed by atoms with E-state index >= 15 is 0 Å². The molecule has 15 heavy (non-hydrogen) atoms. The average Bonchev–Trinajstić information content (AvgIpc) is 2.17. The van der Waals surface area contributed by atoms with Gasteiger partial charge in [-0.25, -0.2) is 0 Å². The minimum atomic E-state index is -0.712. The lowest BCUT2D eigenvalue weighted by molar-refractivity contribution is -0.137. The number of aliphatic carboxylic acids is 1. The van der Waals surface area contributed by atoms with Gasteiger partial charge in [0.1, 0.15) is 0 Å². The van der Waals surface area contributed by atoms with E-state index in [4.69, 9.17) is 5.11 Å². The minimum Gasteiger partial charge on any atom is -0.481 e. The van der Waals surface area contributed by atoms with Crippen LogP contribution in [0.3, 0.4) is 0 Å². The number of hydrogen-bond donors (Lipinski definition) is 2. The number of carboxylic acid groups (broad SMARTS) is 1. The van der Waals surface area contributed by atoms with Crippen LogP contribution in [0.25, 0.3) is 0 Å². The number of benzene rings is 1. The Morgan fingerprint density at radius 3 is 3.13 bits per heavy atom. The van der Waals surface area contributed by atoms with Gasteiger partial charge in [0, 0.05) is 12.2 Å². The summed E-state index contributed by atoms with van der Waals surface area (Å²) < 4.78 is 0. The zero-order chi connectivity index (χ0) is 10.8. The van der Waals surface area contributed by atoms with E-state index < -0.39 is 5.97 Å². The highest BCUT2D eigenvalue weighted by Gasteiger charge is 2.23. The third kappa shape index (κ3) is 1.96. The Hall–Kier alpha value is -1.51. The van der Waals surface area contributed by atoms with Gasteiger partial charge < -0.3 is 10.4 Å². The first-order valence-corrected chi connectivity index (χ1v) is 5.23. The number of aryl methyl sites for hydroxylation is 1. The Morgan fingerprint density at radius 2 is 2.40 bits per heavy atom. The van der Waals surface area contributed by atoms with Crippen molar-refractivity contribution in [1.29, 1.82) is 0 Å². The highest BCUT2D eigenvalue weighted by atomic mass is 16.4. The normalized spacial score (nSPS) is 19.1. The van der Waals surface area contributed by atoms with Crippen molar-refractivity contribution >= 4 is 11.7 Å². The predicted molar refractivity (Wildman–Crippen MR) is 59.3 cm³/mol. The smallest absolute Gasteiger partial charge is 0.303 e. The van der Waals surface area contributed by atoms with Gasteiger partial charge in [-0.3, -0.25) is 4.79 Å². The van der Waals surface area contributed by atoms with Gasteiger partial charge in [0.05, 0.1) is 6.42 Å². The summed E-state index contributed by atoms with van der Waals surface area (Å²) in [5.74, 6) is -0.545. The lowest BCUT2D eigenvalue weighted by Crippen LogP contribution is -2.20. The molecule has 1 atom stereocenters. The molecule has 1 heterocycles. The maximum Gasteiger partial charge on any atom is 0.303 e. The van der Waals surface area contributed by atoms with Crippen LogP contribution in [-0.2, 0) is 4.79 Å². The highest BCUT2D eigenvalue weighted by molar-refractivity contribution is 5.70. The largest absolute Gasteiger partial charge is 0.481 e. The van der Waals surface area contributed by atoms with Crippen LogP contribution in [0, 0.1) is 6.92 Å². The van der Waals surface area contributed by atoms with Crippen molar-refractivity contribution in [1.82, 2.24) is 0 Å². The number of anilines is 1. The van der Waals surface area contributed by atoms with Crippen molar-refractivity contribution in [2.75, 3.05) is 11.9 Å². The Labute approximate surface area is 89.1 Å². The fraction of sp³-hybridized carbons (Fsp3) is 0.417. The quantitative estimate of drug-likeness (QED) is 0.779. The van der Waals surface area contributed by atoms with Crippen LogP contribution in [0.15, 0.2) is 18.2 Å². The first-order chi connectivity index (χ1) is 7.18. The Kier molecular flexibility index (Phi) is 2.62. The molecule has 0 saturated heterocycles. The zero-order valence-corrected chi connectivity index (χ0v) is 8.79. The van der Waals surface area contributed by atoms with Gasteiger partial charge in [0.2, 0.25) is 0 Å². The van der Waals surface area contributed by atoms with Crippen molar-refractivity contribution in [3.05, 3.63) is 29.3 Å². The summed E-state index contributed by atoms with van der Waals surface area (Å²) in [6.45, 7) is 2.91. The maximum absolute atomic E-state index is 10.8. The van der Waals surface area contributed by atoms with Crippen LogP contribution in [0.4, 0.5) is 5.69 Å². The Morgan fingerprint density at radius 1 is 1.60 bits per heavy atom. The first kappa shape index (κ1) is 10.0. The molecule has 1 aromatic carbocycles. The highest BCUT2D eigenvalue weighted by Crippen LogP contribution is 2.35. The summed E-state index contributed by atoms with van der Waals surface area (Å²) >= 11 is 0. The molecule has 0 amide bonds. The van der Waals surface area contributed by atoms with E-state index in [1.807, 2.05) is 25.1 Å². The molecule has 3 heteroatoms. The lowest BCUT2D eigenvalue weighted by Gasteiger charge is -2.27. The molecule has 0 aromatic heterocycles. The van der Waals surface area contributed by atoms with Crippen LogP contribution in [0.5, 0.6) is 0 Å². The second-order valence-electron chi connectivity index (χ2n) is 4.05. The SMILES string of the molecule is Cc1cccc2c1C(CC(=O)O)CCN2. The van der Waals surface area contributed by atoms with Gasteiger partial charge in [-0.05, 0) is 36.5 Å². The first-order valence-electron chi connectivity index (χ1n) is 5.23. The third-order valence-corrected chi connectivity index (χ3v) is 2.96. The third-order valence-electron chi connectivity index (χ3n) is 2.96. The average molecular weight is 205 g/mol. The van der Waals surface area contributed by atoms with Gasteiger partial charge >= 0.3 is 5.97 Å². The van der Waals surface area contributed by atoms with E-state index in [0.29, 0.717) is 0 Å². The summed E-state index contributed by atoms with van der Waals surface area (Å²) in [5, 5.41) is 12.2. The van der Waals surface area contributed by atoms with Crippen molar-refractivity contribution < 1.29 is 9.90 Å². The molecule has 2 N–H and O–H groups in total. The van der Waals surface area contributed by atoms with E-state index in [9.17, 15) is 4.79 Å². The van der Waals surface area contributed by atoms with E-state index in [0.717, 1.165) is 18.7 Å². The van der Waals surface area contributed by atoms with Crippen molar-refractivity contribution in [2.45, 2.75) is 25.7 Å². The number of nitrogens with one attached hydrogen (secondary N) is 1. The van der Waals surface area contributed by atoms with Crippen LogP contribution in [-0.4, -0.2) is 17.6 Å². The van der Waals surface area contributed by atoms with E-state index in [1.165, 1.54) is 11.1 Å². The molecule has 1 aliphatic rings. The van der Waals surface area contributed by atoms with E-state index in [1.54, 1.807) is 0 Å². The molecule has 3 nitrogen and oxygen atoms in total. The summed E-state index contributed by atoms with van der Waals surface area (Å²) in [5.41, 5.74) is 3.48. The number of carbonyl (C=O) groups is 1. The van der Waals surface area contributed by atoms with E-state index in [-0.39, 0.29) is 12.3 Å². The fourth-order valence-corrected chi connectivity index (χ4v) is 2.32. The number of hydrogen-bond acceptors (Lipinski definition) is 2. The second-order valence-corrected chi connectivity index (χ2v) is 4.05. The van der Waals surface area contributed by atoms with Crippen molar-refractivity contribution in [2.24, 2.45) is 0 Å². The van der Waals surface area contributed by atoms with Crippen LogP contribution >= 0.6 is 0 Å². The van der Waals surface area contributed by atoms with Crippen molar-refractivity contribution in [3.63, 3.8) is 0 Å². The van der Waals surface area contributed by atoms with E-state index in [2.05, 4.69) is 5.32 Å². The van der Waals surface area contributed by atoms with Crippen LogP contribution < -0.4 is 5.32 Å². The molecule has 1 unspecified atom stereocenters. The molecule has 0 fully saturated rings. The number of rotatable bonds is 2. The molecular formula is C12H15NO2. The molecule has 1 aromatic rings. The lowest BCUT2D eigenvalue weighted by atomic mass is 9.85. The van der Waals surface area contributed by atoms with Crippen LogP contribution in [0.1, 0.15) is 29.9 Å². The molecule has 0 bridgehead atoms. The summed E-state index contributed by atoms with van der Waals surface area (Å²) in [4.78, 5) is 10.8. The topological polar surface area (TPSA) is 49.3 Å². The van der Waals surface area contributed by atoms with Gasteiger partial charge in [0.25, 0.3) is 0 Å². The molecule has 80 valence electrons. The van der Waals surface area contributed by atoms with Gasteiger partial charge in [0.15, 0.2) is 0 Å². The standard InChI is InChI=1S/C12H15NO2/c1-8-3-2-4-10-12(8)9(5-6-13-10)7-11(14)15/h2-4,9,13H,5-7H2,1H3,(H,14,15). The predicted octanol–water partition coefficient (Wildman–Crippen LogP) is 2.37. The second kappa shape index (κ2) is 3.93. The van der Waals surface area contributed by atoms with Gasteiger partial charge in [-0.15, -0.1) is 0 Å². The molecule has 1 aliphatic heterocycles. The molecule has 0 radical (unpaired) electrons. The Balaban J connectivity index is 2.36. The van der Waals surface area contributed by atoms with Gasteiger partial charge in [-0.1, -0.05) is 12.1 Å². The Bertz CT molecular complexity index is 387. The number of carboxylic acids is 1. The minimum absolute atomic E-state index is 0.167. The zero-order valence-electron chi connectivity index (χ0n) is 8.79. The van der Waals surface area contributed by atoms with Crippen LogP contribution in [0.2, 0.25) is 0 Å². The fourth-order valence-electron chi connectivity index (χ4n) is 2.32. The summed E-state index contributed by atoms with van der Waals surface area (Å²) in [7, 11) is 0. The van der Waals surface area contributed by atoms with Gasteiger partial charge in [-0.2, -0.15) is 0 Å². The summed E-state index contributed by atoms with van der Waals surface area (Å²) in [6.07, 6.45) is 1.14. The molecule has 0 spiro atoms. The molecular weight excluding hydrogens is 190 g/mol. The molecule has 0 aliphatic carbocycles. The number of fused-ring (bicyclic) bond motifs is 1. The molecule has 2 rings (SSSR count). The maximum atomic E-state index is 10.8. The molecule has 0 saturated carbocycles. The summed E-state index contributed by atoms with van der Waals surface area (Å²) in [6, 6.07) is 6.07.